The van der Waals surface area contributed by atoms with Crippen LogP contribution in [-0.4, -0.2) is 33.3 Å². The lowest BCUT2D eigenvalue weighted by atomic mass is 9.95. The fourth-order valence-corrected chi connectivity index (χ4v) is 4.69. The monoisotopic (exact) mass is 551 g/mol. The summed E-state index contributed by atoms with van der Waals surface area (Å²) >= 11 is 12.6. The van der Waals surface area contributed by atoms with E-state index in [9.17, 15) is 4.79 Å². The molecule has 1 N–H and O–H groups in total. The molecule has 9 nitrogen and oxygen atoms in total. The SMILES string of the molecule is COc1cc(C2C(C(=O)OCc3ccccc3)=C(C)Nc3nnnn32)ccc1OCc1c(Cl)cccc1Cl. The van der Waals surface area contributed by atoms with Crippen LogP contribution < -0.4 is 14.8 Å². The Labute approximate surface area is 228 Å². The maximum absolute atomic E-state index is 13.4. The summed E-state index contributed by atoms with van der Waals surface area (Å²) in [4.78, 5) is 13.4. The normalized spacial score (nSPS) is 14.5. The van der Waals surface area contributed by atoms with E-state index < -0.39 is 12.0 Å². The largest absolute Gasteiger partial charge is 0.493 e. The summed E-state index contributed by atoms with van der Waals surface area (Å²) in [7, 11) is 1.54. The van der Waals surface area contributed by atoms with Gasteiger partial charge in [-0.1, -0.05) is 70.8 Å². The Morgan fingerprint density at radius 1 is 1.00 bits per heavy atom. The average molecular weight is 552 g/mol. The number of ether oxygens (including phenoxy) is 3. The zero-order valence-electron chi connectivity index (χ0n) is 20.5. The van der Waals surface area contributed by atoms with Gasteiger partial charge in [0.2, 0.25) is 5.95 Å². The lowest BCUT2D eigenvalue weighted by molar-refractivity contribution is -0.140. The standard InChI is InChI=1S/C27H23Cl2N5O4/c1-16-24(26(35)38-14-17-7-4-3-5-8-17)25(34-27(30-16)31-32-33-34)18-11-12-22(23(13-18)36-2)37-15-19-20(28)9-6-10-21(19)29/h3-13,25H,14-15H2,1-2H3,(H,30,31,33). The van der Waals surface area contributed by atoms with Crippen molar-refractivity contribution < 1.29 is 19.0 Å². The van der Waals surface area contributed by atoms with Crippen LogP contribution in [0.4, 0.5) is 5.95 Å². The highest BCUT2D eigenvalue weighted by Gasteiger charge is 2.35. The van der Waals surface area contributed by atoms with E-state index >= 15 is 0 Å². The third-order valence-electron chi connectivity index (χ3n) is 6.08. The number of anilines is 1. The van der Waals surface area contributed by atoms with Gasteiger partial charge in [0.05, 0.1) is 12.7 Å². The van der Waals surface area contributed by atoms with E-state index in [1.165, 1.54) is 11.8 Å². The summed E-state index contributed by atoms with van der Waals surface area (Å²) in [5, 5.41) is 16.0. The number of nitrogens with one attached hydrogen (secondary N) is 1. The second-order valence-corrected chi connectivity index (χ2v) is 9.29. The minimum absolute atomic E-state index is 0.131. The van der Waals surface area contributed by atoms with Crippen molar-refractivity contribution in [2.24, 2.45) is 0 Å². The number of aromatic nitrogens is 4. The molecule has 0 fully saturated rings. The van der Waals surface area contributed by atoms with Gasteiger partial charge >= 0.3 is 5.97 Å². The second-order valence-electron chi connectivity index (χ2n) is 8.47. The van der Waals surface area contributed by atoms with Gasteiger partial charge in [0.15, 0.2) is 11.5 Å². The van der Waals surface area contributed by atoms with E-state index in [4.69, 9.17) is 37.4 Å². The molecule has 1 atom stereocenters. The van der Waals surface area contributed by atoms with Crippen molar-refractivity contribution in [3.8, 4) is 11.5 Å². The molecule has 1 aliphatic rings. The second kappa shape index (κ2) is 11.1. The molecule has 1 aromatic heterocycles. The Bertz CT molecular complexity index is 1490. The van der Waals surface area contributed by atoms with Gasteiger partial charge in [0.1, 0.15) is 19.3 Å². The summed E-state index contributed by atoms with van der Waals surface area (Å²) in [6.45, 7) is 2.06. The summed E-state index contributed by atoms with van der Waals surface area (Å²) in [6.07, 6.45) is 0. The van der Waals surface area contributed by atoms with Crippen molar-refractivity contribution in [2.45, 2.75) is 26.2 Å². The van der Waals surface area contributed by atoms with Crippen molar-refractivity contribution in [1.29, 1.82) is 0 Å². The summed E-state index contributed by atoms with van der Waals surface area (Å²) in [5.41, 5.74) is 3.21. The van der Waals surface area contributed by atoms with Gasteiger partial charge in [0, 0.05) is 21.3 Å². The third kappa shape index (κ3) is 5.16. The van der Waals surface area contributed by atoms with Gasteiger partial charge in [-0.3, -0.25) is 0 Å². The van der Waals surface area contributed by atoms with Gasteiger partial charge in [-0.25, -0.2) is 4.79 Å². The van der Waals surface area contributed by atoms with Gasteiger partial charge in [-0.05, 0) is 52.7 Å². The molecular formula is C27H23Cl2N5O4. The van der Waals surface area contributed by atoms with Crippen LogP contribution in [0, 0.1) is 0 Å². The molecule has 0 spiro atoms. The van der Waals surface area contributed by atoms with Gasteiger partial charge in [-0.15, -0.1) is 0 Å². The predicted molar refractivity (Wildman–Crippen MR) is 142 cm³/mol. The van der Waals surface area contributed by atoms with Crippen molar-refractivity contribution in [2.75, 3.05) is 12.4 Å². The zero-order valence-corrected chi connectivity index (χ0v) is 22.0. The van der Waals surface area contributed by atoms with Crippen LogP contribution in [-0.2, 0) is 22.7 Å². The highest BCUT2D eigenvalue weighted by molar-refractivity contribution is 6.35. The van der Waals surface area contributed by atoms with Crippen LogP contribution in [0.5, 0.6) is 11.5 Å². The van der Waals surface area contributed by atoms with E-state index in [-0.39, 0.29) is 13.2 Å². The quantitative estimate of drug-likeness (QED) is 0.282. The first-order valence-electron chi connectivity index (χ1n) is 11.7. The zero-order chi connectivity index (χ0) is 26.6. The van der Waals surface area contributed by atoms with E-state index in [0.717, 1.165) is 5.56 Å². The van der Waals surface area contributed by atoms with Crippen molar-refractivity contribution in [3.05, 3.63) is 105 Å². The molecule has 11 heteroatoms. The number of benzene rings is 3. The Morgan fingerprint density at radius 3 is 2.50 bits per heavy atom. The van der Waals surface area contributed by atoms with Crippen LogP contribution in [0.3, 0.4) is 0 Å². The molecule has 3 aromatic carbocycles. The van der Waals surface area contributed by atoms with Gasteiger partial charge in [0.25, 0.3) is 0 Å². The average Bonchev–Trinajstić information content (AvgIpc) is 3.39. The summed E-state index contributed by atoms with van der Waals surface area (Å²) in [5.74, 6) is 0.845. The molecule has 0 bridgehead atoms. The topological polar surface area (TPSA) is 100 Å². The number of halogens is 2. The van der Waals surface area contributed by atoms with Crippen LogP contribution in [0.2, 0.25) is 10.0 Å². The van der Waals surface area contributed by atoms with Crippen LogP contribution in [0.1, 0.15) is 29.7 Å². The Hall–Kier alpha value is -4.08. The maximum atomic E-state index is 13.4. The molecule has 0 aliphatic carbocycles. The van der Waals surface area contributed by atoms with Crippen molar-refractivity contribution in [1.82, 2.24) is 20.2 Å². The van der Waals surface area contributed by atoms with E-state index in [2.05, 4.69) is 20.8 Å². The van der Waals surface area contributed by atoms with E-state index in [0.29, 0.717) is 49.9 Å². The summed E-state index contributed by atoms with van der Waals surface area (Å²) < 4.78 is 18.8. The number of hydrogen-bond donors (Lipinski definition) is 1. The molecule has 5 rings (SSSR count). The van der Waals surface area contributed by atoms with Crippen LogP contribution in [0.15, 0.2) is 78.0 Å². The lowest BCUT2D eigenvalue weighted by Crippen LogP contribution is -2.29. The minimum Gasteiger partial charge on any atom is -0.493 e. The number of hydrogen-bond acceptors (Lipinski definition) is 8. The predicted octanol–water partition coefficient (Wildman–Crippen LogP) is 5.60. The van der Waals surface area contributed by atoms with Crippen molar-refractivity contribution >= 4 is 35.1 Å². The molecule has 2 heterocycles. The fraction of sp³-hybridized carbons (Fsp3) is 0.185. The van der Waals surface area contributed by atoms with E-state index in [1.807, 2.05) is 36.4 Å². The first-order chi connectivity index (χ1) is 18.5. The number of esters is 1. The molecule has 1 unspecified atom stereocenters. The number of tetrazole rings is 1. The van der Waals surface area contributed by atoms with Crippen molar-refractivity contribution in [3.63, 3.8) is 0 Å². The third-order valence-corrected chi connectivity index (χ3v) is 6.79. The molecule has 1 aliphatic heterocycles. The molecule has 0 saturated heterocycles. The number of rotatable bonds is 8. The first-order valence-corrected chi connectivity index (χ1v) is 12.4. The number of carbonyl (C=O) groups is 1. The smallest absolute Gasteiger partial charge is 0.338 e. The molecule has 38 heavy (non-hydrogen) atoms. The number of fused-ring (bicyclic) bond motifs is 1. The molecule has 4 aromatic rings. The lowest BCUT2D eigenvalue weighted by Gasteiger charge is -2.28. The van der Waals surface area contributed by atoms with Gasteiger partial charge in [-0.2, -0.15) is 4.68 Å². The number of nitrogens with zero attached hydrogens (tertiary/aromatic N) is 4. The minimum atomic E-state index is -0.662. The number of allylic oxidation sites excluding steroid dienone is 1. The van der Waals surface area contributed by atoms with Gasteiger partial charge < -0.3 is 19.5 Å². The van der Waals surface area contributed by atoms with E-state index in [1.54, 1.807) is 37.3 Å². The Morgan fingerprint density at radius 2 is 1.76 bits per heavy atom. The molecule has 0 saturated carbocycles. The number of methoxy groups -OCH3 is 1. The molecule has 0 radical (unpaired) electrons. The molecular weight excluding hydrogens is 529 g/mol. The van der Waals surface area contributed by atoms with Crippen LogP contribution >= 0.6 is 23.2 Å². The molecule has 0 amide bonds. The number of carbonyl (C=O) groups excluding carboxylic acids is 1. The Kier molecular flexibility index (Phi) is 7.48. The maximum Gasteiger partial charge on any atom is 0.338 e. The fourth-order valence-electron chi connectivity index (χ4n) is 4.18. The molecule has 194 valence electrons. The highest BCUT2D eigenvalue weighted by Crippen LogP contribution is 2.39. The van der Waals surface area contributed by atoms with Crippen LogP contribution in [0.25, 0.3) is 0 Å². The summed E-state index contributed by atoms with van der Waals surface area (Å²) in [6, 6.07) is 19.4. The highest BCUT2D eigenvalue weighted by atomic mass is 35.5. The Balaban J connectivity index is 1.44. The first kappa shape index (κ1) is 25.6.